The molecule has 2 aromatic heterocycles. The Morgan fingerprint density at radius 1 is 1.17 bits per heavy atom. The molecule has 122 valence electrons. The summed E-state index contributed by atoms with van der Waals surface area (Å²) in [6.45, 7) is 11.3. The summed E-state index contributed by atoms with van der Waals surface area (Å²) < 4.78 is 1.66. The van der Waals surface area contributed by atoms with Gasteiger partial charge in [0.2, 0.25) is 0 Å². The Hall–Kier alpha value is -2.95. The van der Waals surface area contributed by atoms with Crippen LogP contribution in [0.15, 0.2) is 42.5 Å². The largest absolute Gasteiger partial charge is 0.307 e. The molecule has 0 unspecified atom stereocenters. The third-order valence-corrected chi connectivity index (χ3v) is 3.91. The lowest BCUT2D eigenvalue weighted by Crippen LogP contribution is -2.15. The van der Waals surface area contributed by atoms with E-state index in [2.05, 4.69) is 30.0 Å². The van der Waals surface area contributed by atoms with E-state index >= 15 is 0 Å². The number of nitrogens with zero attached hydrogens (tertiary/aromatic N) is 3. The summed E-state index contributed by atoms with van der Waals surface area (Å²) in [6, 6.07) is 9.93. The van der Waals surface area contributed by atoms with Crippen molar-refractivity contribution in [3.05, 3.63) is 59.3 Å². The average Bonchev–Trinajstić information content (AvgIpc) is 2.88. The number of aromatic nitrogens is 3. The van der Waals surface area contributed by atoms with Crippen LogP contribution in [0.25, 0.3) is 16.7 Å². The zero-order valence-electron chi connectivity index (χ0n) is 14.3. The Morgan fingerprint density at radius 3 is 2.62 bits per heavy atom. The number of fused-ring (bicyclic) bond motifs is 1. The number of para-hydroxylation sites is 1. The maximum atomic E-state index is 12.0. The van der Waals surface area contributed by atoms with Gasteiger partial charge in [0.25, 0.3) is 5.91 Å². The van der Waals surface area contributed by atoms with Crippen LogP contribution < -0.4 is 5.32 Å². The van der Waals surface area contributed by atoms with Crippen molar-refractivity contribution in [1.29, 1.82) is 0 Å². The van der Waals surface area contributed by atoms with Crippen LogP contribution in [0.3, 0.4) is 0 Å². The van der Waals surface area contributed by atoms with E-state index in [-0.39, 0.29) is 5.91 Å². The molecule has 0 aliphatic rings. The topological polar surface area (TPSA) is 59.8 Å². The fourth-order valence-electron chi connectivity index (χ4n) is 2.64. The molecule has 5 heteroatoms. The number of rotatable bonds is 3. The van der Waals surface area contributed by atoms with E-state index in [0.717, 1.165) is 27.7 Å². The normalized spacial score (nSPS) is 10.8. The molecule has 24 heavy (non-hydrogen) atoms. The van der Waals surface area contributed by atoms with Gasteiger partial charge in [-0.3, -0.25) is 4.79 Å². The quantitative estimate of drug-likeness (QED) is 0.745. The molecule has 1 N–H and O–H groups in total. The first-order valence-electron chi connectivity index (χ1n) is 7.77. The van der Waals surface area contributed by atoms with Gasteiger partial charge in [-0.1, -0.05) is 24.8 Å². The highest BCUT2D eigenvalue weighted by molar-refractivity contribution is 6.02. The maximum absolute atomic E-state index is 12.0. The van der Waals surface area contributed by atoms with E-state index in [1.165, 1.54) is 0 Å². The number of hydrogen-bond acceptors (Lipinski definition) is 3. The minimum absolute atomic E-state index is 0.232. The molecule has 0 atom stereocenters. The van der Waals surface area contributed by atoms with Crippen molar-refractivity contribution in [1.82, 2.24) is 14.8 Å². The Balaban J connectivity index is 2.16. The van der Waals surface area contributed by atoms with Gasteiger partial charge in [-0.05, 0) is 44.9 Å². The van der Waals surface area contributed by atoms with Crippen molar-refractivity contribution in [2.45, 2.75) is 27.7 Å². The number of amides is 1. The summed E-state index contributed by atoms with van der Waals surface area (Å²) in [7, 11) is 0. The molecule has 0 aliphatic carbocycles. The first-order valence-corrected chi connectivity index (χ1v) is 7.77. The third kappa shape index (κ3) is 2.80. The zero-order chi connectivity index (χ0) is 17.4. The molecule has 1 aromatic carbocycles. The van der Waals surface area contributed by atoms with Crippen LogP contribution in [0.2, 0.25) is 0 Å². The standard InChI is InChI=1S/C19H20N4O/c1-11(2)19(24)21-17-10-14(5)22-23(17)16-9-13(4)15-8-6-7-12(3)18(15)20-16/h6-10H,1H2,2-5H3,(H,21,24). The SMILES string of the molecule is C=C(C)C(=O)Nc1cc(C)nn1-c1cc(C)c2cccc(C)c2n1. The number of hydrogen-bond donors (Lipinski definition) is 1. The van der Waals surface area contributed by atoms with Crippen molar-refractivity contribution in [3.63, 3.8) is 0 Å². The molecule has 0 aliphatic heterocycles. The monoisotopic (exact) mass is 320 g/mol. The van der Waals surface area contributed by atoms with E-state index in [1.807, 2.05) is 38.1 Å². The van der Waals surface area contributed by atoms with Gasteiger partial charge in [-0.2, -0.15) is 9.78 Å². The van der Waals surface area contributed by atoms with Crippen molar-refractivity contribution < 1.29 is 4.79 Å². The maximum Gasteiger partial charge on any atom is 0.251 e. The number of carbonyl (C=O) groups is 1. The van der Waals surface area contributed by atoms with Gasteiger partial charge >= 0.3 is 0 Å². The number of anilines is 1. The summed E-state index contributed by atoms with van der Waals surface area (Å²) in [5.41, 5.74) is 4.41. The number of carbonyl (C=O) groups excluding carboxylic acids is 1. The molecule has 0 saturated carbocycles. The molecule has 3 rings (SSSR count). The van der Waals surface area contributed by atoms with Crippen LogP contribution >= 0.6 is 0 Å². The second-order valence-electron chi connectivity index (χ2n) is 6.09. The third-order valence-electron chi connectivity index (χ3n) is 3.91. The van der Waals surface area contributed by atoms with E-state index < -0.39 is 0 Å². The van der Waals surface area contributed by atoms with Crippen molar-refractivity contribution in [2.75, 3.05) is 5.32 Å². The predicted molar refractivity (Wildman–Crippen MR) is 96.5 cm³/mol. The molecule has 0 bridgehead atoms. The van der Waals surface area contributed by atoms with Gasteiger partial charge in [-0.25, -0.2) is 4.98 Å². The van der Waals surface area contributed by atoms with Crippen LogP contribution in [0.4, 0.5) is 5.82 Å². The highest BCUT2D eigenvalue weighted by Gasteiger charge is 2.14. The van der Waals surface area contributed by atoms with E-state index in [9.17, 15) is 4.79 Å². The summed E-state index contributed by atoms with van der Waals surface area (Å²) in [6.07, 6.45) is 0. The summed E-state index contributed by atoms with van der Waals surface area (Å²) in [5, 5.41) is 8.43. The molecule has 0 fully saturated rings. The average molecular weight is 320 g/mol. The first-order chi connectivity index (χ1) is 11.4. The van der Waals surface area contributed by atoms with Gasteiger partial charge in [0.15, 0.2) is 5.82 Å². The second-order valence-corrected chi connectivity index (χ2v) is 6.09. The fourth-order valence-corrected chi connectivity index (χ4v) is 2.64. The second kappa shape index (κ2) is 5.92. The lowest BCUT2D eigenvalue weighted by atomic mass is 10.1. The van der Waals surface area contributed by atoms with Gasteiger partial charge < -0.3 is 5.32 Å². The minimum atomic E-state index is -0.232. The fraction of sp³-hybridized carbons (Fsp3) is 0.211. The first kappa shape index (κ1) is 15.9. The molecule has 5 nitrogen and oxygen atoms in total. The number of benzene rings is 1. The van der Waals surface area contributed by atoms with Gasteiger partial charge in [0, 0.05) is 17.0 Å². The molecule has 3 aromatic rings. The highest BCUT2D eigenvalue weighted by atomic mass is 16.1. The van der Waals surface area contributed by atoms with Crippen molar-refractivity contribution in [2.24, 2.45) is 0 Å². The van der Waals surface area contributed by atoms with E-state index in [0.29, 0.717) is 17.2 Å². The number of aryl methyl sites for hydroxylation is 3. The summed E-state index contributed by atoms with van der Waals surface area (Å²) in [4.78, 5) is 16.7. The van der Waals surface area contributed by atoms with Gasteiger partial charge in [0.1, 0.15) is 5.82 Å². The van der Waals surface area contributed by atoms with Crippen LogP contribution in [-0.2, 0) is 4.79 Å². The smallest absolute Gasteiger partial charge is 0.251 e. The number of pyridine rings is 1. The van der Waals surface area contributed by atoms with Crippen LogP contribution in [0.1, 0.15) is 23.7 Å². The van der Waals surface area contributed by atoms with Crippen LogP contribution in [0, 0.1) is 20.8 Å². The van der Waals surface area contributed by atoms with Crippen LogP contribution in [-0.4, -0.2) is 20.7 Å². The highest BCUT2D eigenvalue weighted by Crippen LogP contribution is 2.24. The van der Waals surface area contributed by atoms with Gasteiger partial charge in [0.05, 0.1) is 11.2 Å². The lowest BCUT2D eigenvalue weighted by molar-refractivity contribution is -0.112. The Morgan fingerprint density at radius 2 is 1.92 bits per heavy atom. The van der Waals surface area contributed by atoms with Crippen molar-refractivity contribution in [3.8, 4) is 5.82 Å². The van der Waals surface area contributed by atoms with E-state index in [1.54, 1.807) is 11.6 Å². The molecule has 2 heterocycles. The predicted octanol–water partition coefficient (Wildman–Crippen LogP) is 3.86. The summed E-state index contributed by atoms with van der Waals surface area (Å²) >= 11 is 0. The Kier molecular flexibility index (Phi) is 3.93. The Labute approximate surface area is 141 Å². The van der Waals surface area contributed by atoms with Crippen LogP contribution in [0.5, 0.6) is 0 Å². The summed E-state index contributed by atoms with van der Waals surface area (Å²) in [5.74, 6) is 1.03. The molecule has 0 spiro atoms. The Bertz CT molecular complexity index is 969. The van der Waals surface area contributed by atoms with E-state index in [4.69, 9.17) is 4.98 Å². The minimum Gasteiger partial charge on any atom is -0.307 e. The molecule has 0 saturated heterocycles. The molecular formula is C19H20N4O. The molecular weight excluding hydrogens is 300 g/mol. The zero-order valence-corrected chi connectivity index (χ0v) is 14.3. The lowest BCUT2D eigenvalue weighted by Gasteiger charge is -2.11. The van der Waals surface area contributed by atoms with Crippen molar-refractivity contribution >= 4 is 22.6 Å². The number of nitrogens with one attached hydrogen (secondary N) is 1. The molecule has 0 radical (unpaired) electrons. The molecule has 1 amide bonds. The van der Waals surface area contributed by atoms with Gasteiger partial charge in [-0.15, -0.1) is 0 Å².